The van der Waals surface area contributed by atoms with Crippen LogP contribution in [0.25, 0.3) is 21.8 Å². The summed E-state index contributed by atoms with van der Waals surface area (Å²) in [6, 6.07) is 25.1. The highest BCUT2D eigenvalue weighted by molar-refractivity contribution is 5.97. The van der Waals surface area contributed by atoms with Crippen LogP contribution < -0.4 is 14.5 Å². The number of fused-ring (bicyclic) bond motifs is 3. The van der Waals surface area contributed by atoms with Crippen molar-refractivity contribution >= 4 is 39.1 Å². The molecule has 0 radical (unpaired) electrons. The first-order chi connectivity index (χ1) is 23.5. The van der Waals surface area contributed by atoms with Gasteiger partial charge in [0.25, 0.3) is 0 Å². The summed E-state index contributed by atoms with van der Waals surface area (Å²) < 4.78 is 8.41. The number of aromatic nitrogens is 3. The number of amides is 1. The van der Waals surface area contributed by atoms with Gasteiger partial charge in [0, 0.05) is 42.8 Å². The number of hydrogen-bond acceptors (Lipinski definition) is 8. The number of benzene rings is 3. The first-order valence-corrected chi connectivity index (χ1v) is 16.3. The second kappa shape index (κ2) is 13.1. The fourth-order valence-electron chi connectivity index (χ4n) is 7.24. The molecule has 2 aliphatic heterocycles. The predicted molar refractivity (Wildman–Crippen MR) is 186 cm³/mol. The molecule has 0 N–H and O–H groups in total. The van der Waals surface area contributed by atoms with Crippen LogP contribution in [0.1, 0.15) is 28.8 Å². The zero-order valence-corrected chi connectivity index (χ0v) is 27.0. The lowest BCUT2D eigenvalue weighted by molar-refractivity contribution is -0.128. The Labute approximate surface area is 279 Å². The number of nitrogens with zero attached hydrogens (tertiary/aromatic N) is 8. The molecular weight excluding hydrogens is 600 g/mol. The Morgan fingerprint density at radius 2 is 1.90 bits per heavy atom. The third-order valence-electron chi connectivity index (χ3n) is 9.52. The van der Waals surface area contributed by atoms with Crippen LogP contribution in [-0.2, 0) is 24.3 Å². The molecule has 1 saturated heterocycles. The molecule has 5 aromatic rings. The monoisotopic (exact) mass is 636 g/mol. The van der Waals surface area contributed by atoms with E-state index in [-0.39, 0.29) is 18.4 Å². The van der Waals surface area contributed by atoms with Crippen LogP contribution in [0.15, 0.2) is 79.6 Å². The van der Waals surface area contributed by atoms with Gasteiger partial charge in [-0.05, 0) is 48.6 Å². The van der Waals surface area contributed by atoms with Crippen molar-refractivity contribution in [2.45, 2.75) is 38.9 Å². The van der Waals surface area contributed by atoms with E-state index >= 15 is 0 Å². The number of para-hydroxylation sites is 2. The Balaban J connectivity index is 1.26. The number of carbonyl (C=O) groups excluding carboxylic acids is 1. The SMILES string of the molecule is C=CC(=O)N1CCN(c2c(C#N)c(OCCn3cnc4ccccc43)nc3c2CCN(c2cccc4cccc(C)c24)C3)CC1CC#N. The normalized spacial score (nSPS) is 16.0. The third-order valence-corrected chi connectivity index (χ3v) is 9.52. The zero-order chi connectivity index (χ0) is 33.2. The van der Waals surface area contributed by atoms with Crippen molar-refractivity contribution in [1.29, 1.82) is 10.5 Å². The lowest BCUT2D eigenvalue weighted by atomic mass is 9.95. The van der Waals surface area contributed by atoms with Crippen LogP contribution in [0.4, 0.5) is 11.4 Å². The molecule has 0 bridgehead atoms. The molecule has 10 heteroatoms. The third kappa shape index (κ3) is 5.56. The largest absolute Gasteiger partial charge is 0.475 e. The first-order valence-electron chi connectivity index (χ1n) is 16.3. The zero-order valence-electron chi connectivity index (χ0n) is 27.0. The number of ether oxygens (including phenoxy) is 1. The molecule has 10 nitrogen and oxygen atoms in total. The highest BCUT2D eigenvalue weighted by atomic mass is 16.5. The summed E-state index contributed by atoms with van der Waals surface area (Å²) in [4.78, 5) is 28.4. The van der Waals surface area contributed by atoms with Crippen LogP contribution in [0.2, 0.25) is 0 Å². The van der Waals surface area contributed by atoms with E-state index < -0.39 is 0 Å². The summed E-state index contributed by atoms with van der Waals surface area (Å²) in [5.74, 6) is 0.109. The molecule has 2 aromatic heterocycles. The number of pyridine rings is 1. The number of piperazine rings is 1. The van der Waals surface area contributed by atoms with Gasteiger partial charge in [0.15, 0.2) is 0 Å². The number of imidazole rings is 1. The van der Waals surface area contributed by atoms with Crippen molar-refractivity contribution in [2.75, 3.05) is 42.6 Å². The standard InChI is InChI=1S/C38H36N8O2/c1-3-35(47)46-19-18-44(23-28(46)14-16-39)37-29-15-17-43(34-13-7-10-27-9-6-8-26(2)36(27)34)24-32(29)42-38(30(37)22-40)48-21-20-45-25-41-31-11-4-5-12-33(31)45/h3-13,25,28H,1,14-15,17-21,23-24H2,2H3. The van der Waals surface area contributed by atoms with Gasteiger partial charge in [-0.2, -0.15) is 10.5 Å². The number of carbonyl (C=O) groups is 1. The van der Waals surface area contributed by atoms with Crippen molar-refractivity contribution < 1.29 is 9.53 Å². The Morgan fingerprint density at radius 3 is 2.71 bits per heavy atom. The Bertz CT molecular complexity index is 2120. The molecule has 1 atom stereocenters. The second-order valence-electron chi connectivity index (χ2n) is 12.3. The van der Waals surface area contributed by atoms with Crippen molar-refractivity contribution in [3.05, 3.63) is 102 Å². The van der Waals surface area contributed by atoms with Gasteiger partial charge in [-0.1, -0.05) is 49.0 Å². The molecule has 0 aliphatic carbocycles. The molecule has 4 heterocycles. The van der Waals surface area contributed by atoms with Crippen LogP contribution >= 0.6 is 0 Å². The minimum atomic E-state index is -0.331. The average Bonchev–Trinajstić information content (AvgIpc) is 3.53. The van der Waals surface area contributed by atoms with Gasteiger partial charge >= 0.3 is 0 Å². The lowest BCUT2D eigenvalue weighted by Gasteiger charge is -2.43. The first kappa shape index (κ1) is 30.8. The van der Waals surface area contributed by atoms with E-state index in [0.717, 1.165) is 40.2 Å². The van der Waals surface area contributed by atoms with Crippen molar-refractivity contribution in [3.63, 3.8) is 0 Å². The smallest absolute Gasteiger partial charge is 0.246 e. The number of nitriles is 2. The van der Waals surface area contributed by atoms with E-state index in [9.17, 15) is 15.3 Å². The van der Waals surface area contributed by atoms with Crippen LogP contribution in [-0.4, -0.2) is 64.2 Å². The van der Waals surface area contributed by atoms with Crippen LogP contribution in [0, 0.1) is 29.6 Å². The number of aryl methyl sites for hydroxylation is 1. The minimum Gasteiger partial charge on any atom is -0.475 e. The van der Waals surface area contributed by atoms with E-state index in [2.05, 4.69) is 76.8 Å². The molecule has 1 fully saturated rings. The lowest BCUT2D eigenvalue weighted by Crippen LogP contribution is -2.55. The summed E-state index contributed by atoms with van der Waals surface area (Å²) >= 11 is 0. The van der Waals surface area contributed by atoms with Crippen molar-refractivity contribution in [2.24, 2.45) is 0 Å². The maximum absolute atomic E-state index is 12.7. The quantitative estimate of drug-likeness (QED) is 0.205. The molecule has 1 unspecified atom stereocenters. The average molecular weight is 637 g/mol. The molecular formula is C38H36N8O2. The van der Waals surface area contributed by atoms with Gasteiger partial charge in [-0.15, -0.1) is 0 Å². The summed E-state index contributed by atoms with van der Waals surface area (Å²) in [5.41, 5.74) is 7.37. The number of rotatable bonds is 8. The van der Waals surface area contributed by atoms with Gasteiger partial charge in [-0.25, -0.2) is 9.97 Å². The number of hydrogen-bond donors (Lipinski definition) is 0. The fraction of sp³-hybridized carbons (Fsp3) is 0.289. The van der Waals surface area contributed by atoms with Crippen molar-refractivity contribution in [3.8, 4) is 18.0 Å². The molecule has 1 amide bonds. The molecule has 0 saturated carbocycles. The van der Waals surface area contributed by atoms with Crippen LogP contribution in [0.3, 0.4) is 0 Å². The fourth-order valence-corrected chi connectivity index (χ4v) is 7.24. The van der Waals surface area contributed by atoms with Gasteiger partial charge in [0.1, 0.15) is 18.2 Å². The number of anilines is 2. The Hall–Kier alpha value is -5.87. The summed E-state index contributed by atoms with van der Waals surface area (Å²) in [6.45, 7) is 9.30. The summed E-state index contributed by atoms with van der Waals surface area (Å²) in [7, 11) is 0. The Kier molecular flexibility index (Phi) is 8.39. The second-order valence-corrected chi connectivity index (χ2v) is 12.3. The van der Waals surface area contributed by atoms with Gasteiger partial charge in [0.2, 0.25) is 11.8 Å². The van der Waals surface area contributed by atoms with Gasteiger partial charge in [0.05, 0.1) is 60.4 Å². The topological polar surface area (TPSA) is 114 Å². The molecule has 3 aromatic carbocycles. The van der Waals surface area contributed by atoms with Gasteiger partial charge < -0.3 is 24.0 Å². The molecule has 2 aliphatic rings. The minimum absolute atomic E-state index is 0.182. The molecule has 7 rings (SSSR count). The maximum atomic E-state index is 12.7. The molecule has 240 valence electrons. The van der Waals surface area contributed by atoms with E-state index in [4.69, 9.17) is 9.72 Å². The highest BCUT2D eigenvalue weighted by Gasteiger charge is 2.35. The summed E-state index contributed by atoms with van der Waals surface area (Å²) in [6.07, 6.45) is 3.97. The van der Waals surface area contributed by atoms with E-state index in [1.165, 1.54) is 22.4 Å². The van der Waals surface area contributed by atoms with E-state index in [0.29, 0.717) is 57.2 Å². The van der Waals surface area contributed by atoms with Crippen LogP contribution in [0.5, 0.6) is 5.88 Å². The predicted octanol–water partition coefficient (Wildman–Crippen LogP) is 5.52. The van der Waals surface area contributed by atoms with E-state index in [1.807, 2.05) is 28.8 Å². The summed E-state index contributed by atoms with van der Waals surface area (Å²) in [5, 5.41) is 22.7. The highest BCUT2D eigenvalue weighted by Crippen LogP contribution is 2.40. The Morgan fingerprint density at radius 1 is 1.06 bits per heavy atom. The van der Waals surface area contributed by atoms with Crippen molar-refractivity contribution in [1.82, 2.24) is 19.4 Å². The van der Waals surface area contributed by atoms with E-state index in [1.54, 1.807) is 11.2 Å². The molecule has 0 spiro atoms. The van der Waals surface area contributed by atoms with Gasteiger partial charge in [-0.3, -0.25) is 4.79 Å². The maximum Gasteiger partial charge on any atom is 0.246 e. The molecule has 48 heavy (non-hydrogen) atoms.